The zero-order chi connectivity index (χ0) is 27.1. The molecule has 2 aromatic carbocycles. The van der Waals surface area contributed by atoms with E-state index in [1.54, 1.807) is 18.5 Å². The first kappa shape index (κ1) is 24.7. The number of rotatable bonds is 5. The highest BCUT2D eigenvalue weighted by Crippen LogP contribution is 2.33. The van der Waals surface area contributed by atoms with Crippen LogP contribution in [0.2, 0.25) is 0 Å². The molecule has 0 aliphatic carbocycles. The van der Waals surface area contributed by atoms with Crippen molar-refractivity contribution in [1.29, 1.82) is 0 Å². The summed E-state index contributed by atoms with van der Waals surface area (Å²) in [5.74, 6) is 2.65. The summed E-state index contributed by atoms with van der Waals surface area (Å²) in [7, 11) is 0. The second-order valence-electron chi connectivity index (χ2n) is 9.69. The predicted molar refractivity (Wildman–Crippen MR) is 152 cm³/mol. The van der Waals surface area contributed by atoms with Crippen molar-refractivity contribution in [2.45, 2.75) is 19.9 Å². The highest BCUT2D eigenvalue weighted by Gasteiger charge is 2.27. The van der Waals surface area contributed by atoms with Crippen molar-refractivity contribution in [3.63, 3.8) is 0 Å². The first-order valence-corrected chi connectivity index (χ1v) is 13.0. The number of hydrogen-bond acceptors (Lipinski definition) is 6. The van der Waals surface area contributed by atoms with Gasteiger partial charge in [0.15, 0.2) is 5.82 Å². The van der Waals surface area contributed by atoms with Gasteiger partial charge in [0.1, 0.15) is 17.6 Å². The molecule has 0 radical (unpaired) electrons. The predicted octanol–water partition coefficient (Wildman–Crippen LogP) is 4.77. The van der Waals surface area contributed by atoms with Gasteiger partial charge in [-0.05, 0) is 55.3 Å². The minimum absolute atomic E-state index is 0.259. The third-order valence-corrected chi connectivity index (χ3v) is 7.56. The molecule has 1 unspecified atom stereocenters. The van der Waals surface area contributed by atoms with E-state index < -0.39 is 0 Å². The number of pyridine rings is 2. The molecule has 7 nitrogen and oxygen atoms in total. The lowest BCUT2D eigenvalue weighted by atomic mass is 10.0. The van der Waals surface area contributed by atoms with Crippen LogP contribution in [0.25, 0.3) is 38.8 Å². The van der Waals surface area contributed by atoms with E-state index in [1.165, 1.54) is 6.07 Å². The SMILES string of the molecule is C#Cc1nc2cnc3ccc(-c4cccnc4C)cc3c2n1-c1ccc(N2CCN(CC)C(C=O)C2)c(F)c1. The van der Waals surface area contributed by atoms with Crippen LogP contribution in [-0.4, -0.2) is 62.9 Å². The molecule has 0 amide bonds. The van der Waals surface area contributed by atoms with Crippen LogP contribution < -0.4 is 4.90 Å². The van der Waals surface area contributed by atoms with Crippen molar-refractivity contribution >= 4 is 33.9 Å². The molecule has 3 aromatic heterocycles. The van der Waals surface area contributed by atoms with Gasteiger partial charge in [-0.25, -0.2) is 9.37 Å². The maximum absolute atomic E-state index is 15.7. The molecule has 1 atom stereocenters. The lowest BCUT2D eigenvalue weighted by molar-refractivity contribution is -0.112. The number of terminal acetylenes is 1. The van der Waals surface area contributed by atoms with E-state index in [-0.39, 0.29) is 11.9 Å². The molecule has 8 heteroatoms. The molecule has 0 bridgehead atoms. The summed E-state index contributed by atoms with van der Waals surface area (Å²) >= 11 is 0. The van der Waals surface area contributed by atoms with Crippen molar-refractivity contribution in [3.05, 3.63) is 78.3 Å². The lowest BCUT2D eigenvalue weighted by Crippen LogP contribution is -2.54. The molecular formula is C31H27FN6O. The Morgan fingerprint density at radius 3 is 2.74 bits per heavy atom. The number of likely N-dealkylation sites (N-methyl/N-ethyl adjacent to an activating group) is 1. The molecule has 1 saturated heterocycles. The topological polar surface area (TPSA) is 67.2 Å². The molecule has 1 aliphatic rings. The van der Waals surface area contributed by atoms with Gasteiger partial charge in [0, 0.05) is 48.5 Å². The summed E-state index contributed by atoms with van der Waals surface area (Å²) in [5, 5.41) is 0.858. The fourth-order valence-corrected chi connectivity index (χ4v) is 5.54. The Kier molecular flexibility index (Phi) is 6.29. The molecule has 1 aliphatic heterocycles. The summed E-state index contributed by atoms with van der Waals surface area (Å²) in [6.45, 7) is 6.58. The number of aldehydes is 1. The molecule has 0 spiro atoms. The summed E-state index contributed by atoms with van der Waals surface area (Å²) in [6.07, 6.45) is 10.3. The van der Waals surface area contributed by atoms with Crippen molar-refractivity contribution in [3.8, 4) is 29.2 Å². The van der Waals surface area contributed by atoms with Crippen LogP contribution in [0, 0.1) is 25.1 Å². The fourth-order valence-electron chi connectivity index (χ4n) is 5.54. The van der Waals surface area contributed by atoms with Gasteiger partial charge in [-0.2, -0.15) is 0 Å². The number of imidazole rings is 1. The van der Waals surface area contributed by atoms with Crippen molar-refractivity contribution in [2.75, 3.05) is 31.1 Å². The monoisotopic (exact) mass is 518 g/mol. The Balaban J connectivity index is 1.48. The van der Waals surface area contributed by atoms with Crippen LogP contribution in [-0.2, 0) is 4.79 Å². The van der Waals surface area contributed by atoms with Gasteiger partial charge in [0.2, 0.25) is 0 Å². The maximum Gasteiger partial charge on any atom is 0.190 e. The van der Waals surface area contributed by atoms with E-state index in [2.05, 4.69) is 31.8 Å². The quantitative estimate of drug-likeness (QED) is 0.247. The molecule has 0 N–H and O–H groups in total. The van der Waals surface area contributed by atoms with Gasteiger partial charge in [0.05, 0.1) is 34.6 Å². The van der Waals surface area contributed by atoms with Gasteiger partial charge in [-0.1, -0.05) is 19.1 Å². The first-order valence-electron chi connectivity index (χ1n) is 13.0. The zero-order valence-electron chi connectivity index (χ0n) is 21.8. The van der Waals surface area contributed by atoms with E-state index in [0.29, 0.717) is 42.4 Å². The number of aryl methyl sites for hydroxylation is 1. The molecule has 1 fully saturated rings. The average Bonchev–Trinajstić information content (AvgIpc) is 3.36. The lowest BCUT2D eigenvalue weighted by Gasteiger charge is -2.39. The molecule has 6 rings (SSSR count). The Bertz CT molecular complexity index is 1770. The van der Waals surface area contributed by atoms with Crippen LogP contribution in [0.3, 0.4) is 0 Å². The van der Waals surface area contributed by atoms with Crippen molar-refractivity contribution < 1.29 is 9.18 Å². The Morgan fingerprint density at radius 2 is 2.00 bits per heavy atom. The van der Waals surface area contributed by atoms with Gasteiger partial charge in [-0.3, -0.25) is 19.4 Å². The van der Waals surface area contributed by atoms with E-state index in [0.717, 1.165) is 46.1 Å². The number of aromatic nitrogens is 4. The number of piperazine rings is 1. The van der Waals surface area contributed by atoms with Crippen molar-refractivity contribution in [2.24, 2.45) is 0 Å². The molecule has 5 aromatic rings. The Labute approximate surface area is 225 Å². The highest BCUT2D eigenvalue weighted by molar-refractivity contribution is 6.05. The van der Waals surface area contributed by atoms with Crippen LogP contribution >= 0.6 is 0 Å². The number of carbonyl (C=O) groups is 1. The third kappa shape index (κ3) is 4.21. The summed E-state index contributed by atoms with van der Waals surface area (Å²) < 4.78 is 17.5. The maximum atomic E-state index is 15.7. The molecule has 39 heavy (non-hydrogen) atoms. The van der Waals surface area contributed by atoms with E-state index in [4.69, 9.17) is 6.42 Å². The largest absolute Gasteiger partial charge is 0.366 e. The van der Waals surface area contributed by atoms with E-state index >= 15 is 4.39 Å². The number of fused-ring (bicyclic) bond motifs is 3. The average molecular weight is 519 g/mol. The number of halogens is 1. The van der Waals surface area contributed by atoms with Crippen LogP contribution in [0.4, 0.5) is 10.1 Å². The normalized spacial score (nSPS) is 16.1. The van der Waals surface area contributed by atoms with E-state index in [9.17, 15) is 4.79 Å². The number of hydrogen-bond donors (Lipinski definition) is 0. The van der Waals surface area contributed by atoms with Gasteiger partial charge in [0.25, 0.3) is 0 Å². The molecule has 194 valence electrons. The third-order valence-electron chi connectivity index (χ3n) is 7.56. The number of nitrogens with zero attached hydrogens (tertiary/aromatic N) is 6. The number of anilines is 1. The standard InChI is InChI=1S/C31H27FN6O/c1-4-30-35-28-17-34-27-10-8-21(24-7-6-12-33-20(24)3)15-25(27)31(28)38(30)22-9-11-29(26(32)16-22)37-14-13-36(5-2)23(18-37)19-39/h1,6-12,15-17,19,23H,5,13-14,18H2,2-3H3. The minimum Gasteiger partial charge on any atom is -0.366 e. The number of carbonyl (C=O) groups excluding carboxylic acids is 1. The second kappa shape index (κ2) is 9.93. The Morgan fingerprint density at radius 1 is 1.13 bits per heavy atom. The minimum atomic E-state index is -0.378. The second-order valence-corrected chi connectivity index (χ2v) is 9.69. The summed E-state index contributed by atoms with van der Waals surface area (Å²) in [6, 6.07) is 14.8. The van der Waals surface area contributed by atoms with Gasteiger partial charge >= 0.3 is 0 Å². The van der Waals surface area contributed by atoms with Gasteiger partial charge < -0.3 is 9.69 Å². The van der Waals surface area contributed by atoms with Gasteiger partial charge in [-0.15, -0.1) is 6.42 Å². The van der Waals surface area contributed by atoms with Crippen molar-refractivity contribution in [1.82, 2.24) is 24.4 Å². The highest BCUT2D eigenvalue weighted by atomic mass is 19.1. The first-order chi connectivity index (χ1) is 19.0. The zero-order valence-corrected chi connectivity index (χ0v) is 21.8. The number of benzene rings is 2. The Hall–Kier alpha value is -4.61. The van der Waals surface area contributed by atoms with Crippen LogP contribution in [0.15, 0.2) is 60.9 Å². The smallest absolute Gasteiger partial charge is 0.190 e. The fraction of sp³-hybridized carbons (Fsp3) is 0.226. The van der Waals surface area contributed by atoms with Crippen LogP contribution in [0.1, 0.15) is 18.4 Å². The summed E-state index contributed by atoms with van der Waals surface area (Å²) in [4.78, 5) is 29.3. The molecule has 0 saturated carbocycles. The van der Waals surface area contributed by atoms with E-state index in [1.807, 2.05) is 53.6 Å². The molecular weight excluding hydrogens is 491 g/mol. The van der Waals surface area contributed by atoms with Crippen LogP contribution in [0.5, 0.6) is 0 Å². The summed E-state index contributed by atoms with van der Waals surface area (Å²) in [5.41, 5.74) is 6.15. The molecule has 4 heterocycles.